The predicted octanol–water partition coefficient (Wildman–Crippen LogP) is 1.19. The van der Waals surface area contributed by atoms with Gasteiger partial charge in [-0.3, -0.25) is 0 Å². The Morgan fingerprint density at radius 3 is 3.00 bits per heavy atom. The van der Waals surface area contributed by atoms with E-state index < -0.39 is 5.97 Å². The lowest BCUT2D eigenvalue weighted by atomic mass is 10.4. The Balaban J connectivity index is 2.75. The quantitative estimate of drug-likeness (QED) is 0.762. The molecule has 0 unspecified atom stereocenters. The molecule has 0 saturated carbocycles. The van der Waals surface area contributed by atoms with Gasteiger partial charge in [-0.25, -0.2) is 14.3 Å². The molecule has 5 nitrogen and oxygen atoms in total. The van der Waals surface area contributed by atoms with Gasteiger partial charge in [0.15, 0.2) is 11.3 Å². The first-order valence-corrected chi connectivity index (χ1v) is 4.21. The fourth-order valence-corrected chi connectivity index (χ4v) is 1.35. The van der Waals surface area contributed by atoms with Gasteiger partial charge in [0.2, 0.25) is 0 Å². The van der Waals surface area contributed by atoms with Crippen molar-refractivity contribution in [3.8, 4) is 0 Å². The Labute approximate surface area is 81.1 Å². The Bertz CT molecular complexity index is 480. The molecule has 0 aromatic carbocycles. The summed E-state index contributed by atoms with van der Waals surface area (Å²) in [5, 5.41) is 12.5. The van der Waals surface area contributed by atoms with Crippen molar-refractivity contribution in [2.24, 2.45) is 0 Å². The Hall–Kier alpha value is -1.43. The molecule has 0 atom stereocenters. The van der Waals surface area contributed by atoms with Gasteiger partial charge in [0.05, 0.1) is 0 Å². The fraction of sp³-hybridized carbons (Fsp3) is 0. The molecule has 2 aromatic heterocycles. The molecule has 13 heavy (non-hydrogen) atoms. The molecule has 0 spiro atoms. The zero-order valence-electron chi connectivity index (χ0n) is 6.31. The fourth-order valence-electron chi connectivity index (χ4n) is 0.971. The first-order chi connectivity index (χ1) is 6.18. The van der Waals surface area contributed by atoms with Gasteiger partial charge in [-0.05, 0) is 22.0 Å². The molecule has 6 heteroatoms. The third-order valence-electron chi connectivity index (χ3n) is 1.53. The van der Waals surface area contributed by atoms with Crippen molar-refractivity contribution in [3.05, 3.63) is 28.6 Å². The lowest BCUT2D eigenvalue weighted by Gasteiger charge is -1.92. The van der Waals surface area contributed by atoms with Crippen molar-refractivity contribution in [3.63, 3.8) is 0 Å². The molecule has 0 aliphatic rings. The summed E-state index contributed by atoms with van der Waals surface area (Å²) in [6, 6.07) is 3.10. The van der Waals surface area contributed by atoms with Crippen LogP contribution in [0.5, 0.6) is 0 Å². The third kappa shape index (κ3) is 1.29. The Kier molecular flexibility index (Phi) is 1.77. The molecule has 2 rings (SSSR count). The number of aromatic nitrogens is 3. The molecule has 0 saturated heterocycles. The van der Waals surface area contributed by atoms with Crippen LogP contribution in [-0.4, -0.2) is 25.7 Å². The molecule has 2 aromatic rings. The summed E-state index contributed by atoms with van der Waals surface area (Å²) in [5.41, 5.74) is 0.492. The molecule has 1 N–H and O–H groups in total. The van der Waals surface area contributed by atoms with Crippen molar-refractivity contribution in [2.75, 3.05) is 0 Å². The van der Waals surface area contributed by atoms with Crippen LogP contribution in [0.15, 0.2) is 22.9 Å². The highest BCUT2D eigenvalue weighted by Gasteiger charge is 2.10. The van der Waals surface area contributed by atoms with Crippen LogP contribution in [0.4, 0.5) is 0 Å². The van der Waals surface area contributed by atoms with E-state index in [1.54, 1.807) is 12.3 Å². The van der Waals surface area contributed by atoms with E-state index in [1.807, 2.05) is 0 Å². The van der Waals surface area contributed by atoms with Gasteiger partial charge < -0.3 is 5.11 Å². The van der Waals surface area contributed by atoms with Crippen molar-refractivity contribution in [2.45, 2.75) is 0 Å². The van der Waals surface area contributed by atoms with E-state index in [0.717, 1.165) is 0 Å². The number of hydrogen-bond acceptors (Lipinski definition) is 3. The van der Waals surface area contributed by atoms with E-state index in [9.17, 15) is 4.79 Å². The first-order valence-electron chi connectivity index (χ1n) is 3.42. The van der Waals surface area contributed by atoms with Crippen LogP contribution in [-0.2, 0) is 0 Å². The van der Waals surface area contributed by atoms with Crippen molar-refractivity contribution in [1.29, 1.82) is 0 Å². The van der Waals surface area contributed by atoms with E-state index in [1.165, 1.54) is 10.6 Å². The molecule has 66 valence electrons. The maximum atomic E-state index is 10.6. The van der Waals surface area contributed by atoms with E-state index in [4.69, 9.17) is 5.11 Å². The molecule has 0 amide bonds. The normalized spacial score (nSPS) is 10.5. The van der Waals surface area contributed by atoms with Crippen LogP contribution in [0.2, 0.25) is 0 Å². The maximum Gasteiger partial charge on any atom is 0.356 e. The summed E-state index contributed by atoms with van der Waals surface area (Å²) in [7, 11) is 0. The highest BCUT2D eigenvalue weighted by atomic mass is 79.9. The van der Waals surface area contributed by atoms with Gasteiger partial charge in [0.1, 0.15) is 4.60 Å². The molecular formula is C7H4BrN3O2. The number of nitrogens with zero attached hydrogens (tertiary/aromatic N) is 3. The van der Waals surface area contributed by atoms with E-state index in [-0.39, 0.29) is 5.69 Å². The standard InChI is InChI=1S/C7H4BrN3O2/c8-5-1-2-9-6-3-4(7(12)13)10-11(5)6/h1-3H,(H,12,13). The minimum atomic E-state index is -1.06. The first kappa shape index (κ1) is 8.18. The minimum absolute atomic E-state index is 0.0144. The zero-order chi connectivity index (χ0) is 9.42. The number of carboxylic acid groups (broad SMARTS) is 1. The van der Waals surface area contributed by atoms with Crippen LogP contribution in [0.3, 0.4) is 0 Å². The molecule has 0 radical (unpaired) electrons. The second kappa shape index (κ2) is 2.81. The second-order valence-electron chi connectivity index (χ2n) is 2.37. The smallest absolute Gasteiger partial charge is 0.356 e. The highest BCUT2D eigenvalue weighted by Crippen LogP contribution is 2.11. The molecular weight excluding hydrogens is 238 g/mol. The van der Waals surface area contributed by atoms with E-state index >= 15 is 0 Å². The molecule has 0 aliphatic heterocycles. The molecule has 0 bridgehead atoms. The number of fused-ring (bicyclic) bond motifs is 1. The number of carbonyl (C=O) groups is 1. The monoisotopic (exact) mass is 241 g/mol. The number of rotatable bonds is 1. The minimum Gasteiger partial charge on any atom is -0.476 e. The zero-order valence-corrected chi connectivity index (χ0v) is 7.89. The van der Waals surface area contributed by atoms with Gasteiger partial charge in [0, 0.05) is 12.3 Å². The highest BCUT2D eigenvalue weighted by molar-refractivity contribution is 9.10. The Morgan fingerprint density at radius 2 is 2.38 bits per heavy atom. The summed E-state index contributed by atoms with van der Waals surface area (Å²) in [4.78, 5) is 14.5. The SMILES string of the molecule is O=C(O)c1cc2nccc(Br)n2n1. The van der Waals surface area contributed by atoms with Crippen LogP contribution in [0, 0.1) is 0 Å². The van der Waals surface area contributed by atoms with E-state index in [2.05, 4.69) is 26.0 Å². The van der Waals surface area contributed by atoms with Gasteiger partial charge >= 0.3 is 5.97 Å². The van der Waals surface area contributed by atoms with Gasteiger partial charge in [0.25, 0.3) is 0 Å². The number of hydrogen-bond donors (Lipinski definition) is 1. The summed E-state index contributed by atoms with van der Waals surface area (Å²) in [6.07, 6.45) is 1.58. The third-order valence-corrected chi connectivity index (χ3v) is 2.13. The van der Waals surface area contributed by atoms with Crippen molar-refractivity contribution >= 4 is 27.5 Å². The Morgan fingerprint density at radius 1 is 1.62 bits per heavy atom. The number of carboxylic acids is 1. The van der Waals surface area contributed by atoms with Gasteiger partial charge in [-0.2, -0.15) is 5.10 Å². The van der Waals surface area contributed by atoms with Crippen LogP contribution < -0.4 is 0 Å². The average Bonchev–Trinajstić information content (AvgIpc) is 2.49. The average molecular weight is 242 g/mol. The van der Waals surface area contributed by atoms with Crippen LogP contribution in [0.25, 0.3) is 5.65 Å². The van der Waals surface area contributed by atoms with E-state index in [0.29, 0.717) is 10.3 Å². The number of aromatic carboxylic acids is 1. The summed E-state index contributed by atoms with van der Waals surface area (Å²) in [6.45, 7) is 0. The maximum absolute atomic E-state index is 10.6. The van der Waals surface area contributed by atoms with Crippen LogP contribution >= 0.6 is 15.9 Å². The predicted molar refractivity (Wildman–Crippen MR) is 47.6 cm³/mol. The second-order valence-corrected chi connectivity index (χ2v) is 3.18. The molecule has 0 fully saturated rings. The van der Waals surface area contributed by atoms with Gasteiger partial charge in [-0.1, -0.05) is 0 Å². The molecule has 2 heterocycles. The summed E-state index contributed by atoms with van der Waals surface area (Å²) < 4.78 is 2.09. The summed E-state index contributed by atoms with van der Waals surface area (Å²) >= 11 is 3.23. The number of halogens is 1. The lowest BCUT2D eigenvalue weighted by molar-refractivity contribution is 0.0690. The lowest BCUT2D eigenvalue weighted by Crippen LogP contribution is -1.98. The molecule has 0 aliphatic carbocycles. The largest absolute Gasteiger partial charge is 0.476 e. The van der Waals surface area contributed by atoms with Crippen molar-refractivity contribution in [1.82, 2.24) is 14.6 Å². The van der Waals surface area contributed by atoms with Gasteiger partial charge in [-0.15, -0.1) is 0 Å². The topological polar surface area (TPSA) is 67.5 Å². The van der Waals surface area contributed by atoms with Crippen molar-refractivity contribution < 1.29 is 9.90 Å². The van der Waals surface area contributed by atoms with Crippen LogP contribution in [0.1, 0.15) is 10.5 Å². The summed E-state index contributed by atoms with van der Waals surface area (Å²) in [5.74, 6) is -1.06.